The molecule has 1 aliphatic rings. The fourth-order valence-corrected chi connectivity index (χ4v) is 2.67. The van der Waals surface area contributed by atoms with E-state index in [1.165, 1.54) is 6.07 Å². The van der Waals surface area contributed by atoms with Crippen LogP contribution >= 0.6 is 24.0 Å². The second kappa shape index (κ2) is 12.0. The maximum atomic E-state index is 10.9. The number of morpholine rings is 1. The molecular weight excluding hydrogens is 449 g/mol. The molecule has 1 atom stereocenters. The zero-order chi connectivity index (χ0) is 18.1. The van der Waals surface area contributed by atoms with Crippen LogP contribution in [0, 0.1) is 10.1 Å². The molecule has 146 valence electrons. The molecule has 0 aliphatic carbocycles. The summed E-state index contributed by atoms with van der Waals surface area (Å²) in [7, 11) is 0. The smallest absolute Gasteiger partial charge is 0.269 e. The van der Waals surface area contributed by atoms with Crippen LogP contribution < -0.4 is 10.6 Å². The lowest BCUT2D eigenvalue weighted by molar-refractivity contribution is -0.384. The number of non-ortho nitro benzene ring substituents is 1. The van der Waals surface area contributed by atoms with E-state index in [-0.39, 0.29) is 34.6 Å². The van der Waals surface area contributed by atoms with Gasteiger partial charge in [-0.3, -0.25) is 15.0 Å². The third-order valence-electron chi connectivity index (χ3n) is 4.12. The van der Waals surface area contributed by atoms with Crippen molar-refractivity contribution in [3.63, 3.8) is 0 Å². The molecule has 0 spiro atoms. The second-order valence-electron chi connectivity index (χ2n) is 6.00. The largest absolute Gasteiger partial charge is 0.379 e. The van der Waals surface area contributed by atoms with Crippen LogP contribution in [-0.2, 0) is 11.3 Å². The maximum Gasteiger partial charge on any atom is 0.269 e. The van der Waals surface area contributed by atoms with Crippen LogP contribution in [0.25, 0.3) is 0 Å². The normalized spacial score (nSPS) is 16.5. The topological polar surface area (TPSA) is 92.0 Å². The number of nitrogens with one attached hydrogen (secondary N) is 2. The summed E-state index contributed by atoms with van der Waals surface area (Å²) in [6.07, 6.45) is 0. The summed E-state index contributed by atoms with van der Waals surface area (Å²) in [4.78, 5) is 17.4. The average molecular weight is 477 g/mol. The van der Waals surface area contributed by atoms with Crippen LogP contribution in [0.3, 0.4) is 0 Å². The predicted octanol–water partition coefficient (Wildman–Crippen LogP) is 1.99. The van der Waals surface area contributed by atoms with E-state index in [0.717, 1.165) is 45.0 Å². The molecule has 1 fully saturated rings. The van der Waals surface area contributed by atoms with E-state index < -0.39 is 0 Å². The van der Waals surface area contributed by atoms with E-state index in [0.29, 0.717) is 18.5 Å². The van der Waals surface area contributed by atoms with E-state index in [1.54, 1.807) is 12.1 Å². The molecule has 0 radical (unpaired) electrons. The van der Waals surface area contributed by atoms with Gasteiger partial charge in [0.15, 0.2) is 5.96 Å². The molecule has 1 aliphatic heterocycles. The number of hydrogen-bond donors (Lipinski definition) is 2. The van der Waals surface area contributed by atoms with Crippen molar-refractivity contribution in [3.05, 3.63) is 39.9 Å². The first-order valence-electron chi connectivity index (χ1n) is 8.67. The van der Waals surface area contributed by atoms with Gasteiger partial charge in [0.1, 0.15) is 0 Å². The SMILES string of the molecule is CCNC(=NCc1cccc([N+](=O)[O-])c1)NCC(C)N1CCOCC1.I. The Morgan fingerprint density at radius 1 is 1.38 bits per heavy atom. The number of hydrogen-bond acceptors (Lipinski definition) is 5. The molecule has 1 aromatic carbocycles. The summed E-state index contributed by atoms with van der Waals surface area (Å²) in [5, 5.41) is 17.4. The summed E-state index contributed by atoms with van der Waals surface area (Å²) < 4.78 is 5.38. The Morgan fingerprint density at radius 2 is 2.12 bits per heavy atom. The molecule has 2 rings (SSSR count). The van der Waals surface area contributed by atoms with Gasteiger partial charge in [0.25, 0.3) is 5.69 Å². The van der Waals surface area contributed by atoms with Crippen molar-refractivity contribution in [2.45, 2.75) is 26.4 Å². The van der Waals surface area contributed by atoms with Gasteiger partial charge < -0.3 is 15.4 Å². The summed E-state index contributed by atoms with van der Waals surface area (Å²) in [5.41, 5.74) is 0.902. The fourth-order valence-electron chi connectivity index (χ4n) is 2.67. The minimum Gasteiger partial charge on any atom is -0.379 e. The molecule has 9 heteroatoms. The van der Waals surface area contributed by atoms with E-state index in [2.05, 4.69) is 27.4 Å². The molecule has 1 aromatic rings. The number of ether oxygens (including phenoxy) is 1. The Kier molecular flexibility index (Phi) is 10.4. The standard InChI is InChI=1S/C17H27N5O3.HI/c1-3-18-17(19-12-14(2)21-7-9-25-10-8-21)20-13-15-5-4-6-16(11-15)22(23)24;/h4-6,11,14H,3,7-10,12-13H2,1-2H3,(H2,18,19,20);1H. The van der Waals surface area contributed by atoms with Crippen molar-refractivity contribution in [2.24, 2.45) is 4.99 Å². The van der Waals surface area contributed by atoms with Gasteiger partial charge in [0.2, 0.25) is 0 Å². The third kappa shape index (κ3) is 7.42. The van der Waals surface area contributed by atoms with Gasteiger partial charge in [-0.2, -0.15) is 0 Å². The molecule has 0 aromatic heterocycles. The number of nitrogens with zero attached hydrogens (tertiary/aromatic N) is 3. The molecule has 1 saturated heterocycles. The molecule has 1 unspecified atom stereocenters. The molecule has 2 N–H and O–H groups in total. The number of guanidine groups is 1. The Balaban J connectivity index is 0.00000338. The van der Waals surface area contributed by atoms with Gasteiger partial charge in [-0.1, -0.05) is 12.1 Å². The van der Waals surface area contributed by atoms with Gasteiger partial charge in [-0.15, -0.1) is 24.0 Å². The molecule has 0 saturated carbocycles. The molecule has 0 amide bonds. The lowest BCUT2D eigenvalue weighted by atomic mass is 10.2. The number of rotatable bonds is 7. The zero-order valence-corrected chi connectivity index (χ0v) is 17.6. The van der Waals surface area contributed by atoms with E-state index in [9.17, 15) is 10.1 Å². The Hall–Kier alpha value is -1.46. The summed E-state index contributed by atoms with van der Waals surface area (Å²) in [6.45, 7) is 9.58. The molecule has 26 heavy (non-hydrogen) atoms. The van der Waals surface area contributed by atoms with Gasteiger partial charge in [-0.25, -0.2) is 4.99 Å². The minimum atomic E-state index is -0.388. The maximum absolute atomic E-state index is 10.9. The molecular formula is C17H28IN5O3. The molecule has 0 bridgehead atoms. The average Bonchev–Trinajstić information content (AvgIpc) is 2.64. The van der Waals surface area contributed by atoms with Gasteiger partial charge in [0, 0.05) is 44.4 Å². The van der Waals surface area contributed by atoms with E-state index in [4.69, 9.17) is 4.74 Å². The lowest BCUT2D eigenvalue weighted by Gasteiger charge is -2.32. The summed E-state index contributed by atoms with van der Waals surface area (Å²) in [6, 6.07) is 6.95. The first-order valence-corrected chi connectivity index (χ1v) is 8.67. The number of aliphatic imine (C=N–C) groups is 1. The first-order chi connectivity index (χ1) is 12.1. The number of nitro benzene ring substituents is 1. The van der Waals surface area contributed by atoms with Crippen molar-refractivity contribution in [1.29, 1.82) is 0 Å². The van der Waals surface area contributed by atoms with Crippen LogP contribution in [0.1, 0.15) is 19.4 Å². The highest BCUT2D eigenvalue weighted by Gasteiger charge is 2.17. The summed E-state index contributed by atoms with van der Waals surface area (Å²) >= 11 is 0. The van der Waals surface area contributed by atoms with Crippen LogP contribution in [0.2, 0.25) is 0 Å². The minimum absolute atomic E-state index is 0. The summed E-state index contributed by atoms with van der Waals surface area (Å²) in [5.74, 6) is 0.717. The lowest BCUT2D eigenvalue weighted by Crippen LogP contribution is -2.49. The van der Waals surface area contributed by atoms with Crippen molar-refractivity contribution in [1.82, 2.24) is 15.5 Å². The molecule has 1 heterocycles. The highest BCUT2D eigenvalue weighted by Crippen LogP contribution is 2.13. The van der Waals surface area contributed by atoms with Gasteiger partial charge >= 0.3 is 0 Å². The van der Waals surface area contributed by atoms with Crippen molar-refractivity contribution in [2.75, 3.05) is 39.4 Å². The first kappa shape index (κ1) is 22.6. The van der Waals surface area contributed by atoms with Crippen molar-refractivity contribution >= 4 is 35.6 Å². The predicted molar refractivity (Wildman–Crippen MR) is 113 cm³/mol. The van der Waals surface area contributed by atoms with Crippen molar-refractivity contribution < 1.29 is 9.66 Å². The van der Waals surface area contributed by atoms with Gasteiger partial charge in [-0.05, 0) is 19.4 Å². The van der Waals surface area contributed by atoms with Crippen LogP contribution in [-0.4, -0.2) is 61.2 Å². The van der Waals surface area contributed by atoms with E-state index in [1.807, 2.05) is 13.0 Å². The van der Waals surface area contributed by atoms with Crippen molar-refractivity contribution in [3.8, 4) is 0 Å². The number of halogens is 1. The van der Waals surface area contributed by atoms with E-state index >= 15 is 0 Å². The number of benzene rings is 1. The van der Waals surface area contributed by atoms with Crippen LogP contribution in [0.15, 0.2) is 29.3 Å². The molecule has 8 nitrogen and oxygen atoms in total. The fraction of sp³-hybridized carbons (Fsp3) is 0.588. The Morgan fingerprint density at radius 3 is 2.77 bits per heavy atom. The van der Waals surface area contributed by atoms with Crippen LogP contribution in [0.5, 0.6) is 0 Å². The Labute approximate surface area is 171 Å². The monoisotopic (exact) mass is 477 g/mol. The van der Waals surface area contributed by atoms with Gasteiger partial charge in [0.05, 0.1) is 24.7 Å². The van der Waals surface area contributed by atoms with Crippen LogP contribution in [0.4, 0.5) is 5.69 Å². The Bertz CT molecular complexity index is 594. The second-order valence-corrected chi connectivity index (χ2v) is 6.00. The number of nitro groups is 1. The quantitative estimate of drug-likeness (QED) is 0.205. The highest BCUT2D eigenvalue weighted by molar-refractivity contribution is 14.0. The highest BCUT2D eigenvalue weighted by atomic mass is 127. The third-order valence-corrected chi connectivity index (χ3v) is 4.12. The zero-order valence-electron chi connectivity index (χ0n) is 15.3.